The zero-order valence-electron chi connectivity index (χ0n) is 14.8. The molecular formula is C19H24N4O2. The Hall–Kier alpha value is -2.89. The van der Waals surface area contributed by atoms with Crippen molar-refractivity contribution < 1.29 is 9.59 Å². The van der Waals surface area contributed by atoms with Crippen molar-refractivity contribution in [1.82, 2.24) is 20.9 Å². The number of hydrogen-bond acceptors (Lipinski definition) is 3. The second-order valence-electron chi connectivity index (χ2n) is 6.04. The fourth-order valence-corrected chi connectivity index (χ4v) is 2.54. The fraction of sp³-hybridized carbons (Fsp3) is 0.316. The highest BCUT2D eigenvalue weighted by Crippen LogP contribution is 2.16. The quantitative estimate of drug-likeness (QED) is 0.707. The van der Waals surface area contributed by atoms with Crippen LogP contribution in [-0.4, -0.2) is 30.0 Å². The van der Waals surface area contributed by atoms with Gasteiger partial charge in [-0.15, -0.1) is 0 Å². The van der Waals surface area contributed by atoms with Gasteiger partial charge in [0.1, 0.15) is 0 Å². The Morgan fingerprint density at radius 1 is 1.08 bits per heavy atom. The Bertz CT molecular complexity index is 711. The normalized spacial score (nSPS) is 11.5. The summed E-state index contributed by atoms with van der Waals surface area (Å²) in [7, 11) is 0. The van der Waals surface area contributed by atoms with Crippen LogP contribution in [0.15, 0.2) is 42.7 Å². The third-order valence-corrected chi connectivity index (χ3v) is 3.71. The van der Waals surface area contributed by atoms with Gasteiger partial charge in [0.05, 0.1) is 11.6 Å². The standard InChI is InChI=1S/C19H24N4O2/c1-13-9-14(2)11-17(10-13)15(3)23-19(25)22-8-7-21-18(24)16-5-4-6-20-12-16/h4-6,9-12,15H,7-8H2,1-3H3,(H,21,24)(H2,22,23,25). The van der Waals surface area contributed by atoms with E-state index in [0.717, 1.165) is 5.56 Å². The van der Waals surface area contributed by atoms with E-state index in [2.05, 4.69) is 39.1 Å². The third-order valence-electron chi connectivity index (χ3n) is 3.71. The molecule has 1 aromatic carbocycles. The lowest BCUT2D eigenvalue weighted by Gasteiger charge is -2.16. The van der Waals surface area contributed by atoms with E-state index in [0.29, 0.717) is 18.7 Å². The number of nitrogens with zero attached hydrogens (tertiary/aromatic N) is 1. The molecule has 3 amide bonds. The van der Waals surface area contributed by atoms with Crippen molar-refractivity contribution in [1.29, 1.82) is 0 Å². The molecule has 0 aliphatic heterocycles. The highest BCUT2D eigenvalue weighted by Gasteiger charge is 2.10. The Morgan fingerprint density at radius 3 is 2.40 bits per heavy atom. The number of hydrogen-bond donors (Lipinski definition) is 3. The number of carbonyl (C=O) groups excluding carboxylic acids is 2. The highest BCUT2D eigenvalue weighted by atomic mass is 16.2. The highest BCUT2D eigenvalue weighted by molar-refractivity contribution is 5.93. The van der Waals surface area contributed by atoms with E-state index in [1.807, 2.05) is 20.8 Å². The van der Waals surface area contributed by atoms with Gasteiger partial charge in [-0.2, -0.15) is 0 Å². The molecule has 1 atom stereocenters. The van der Waals surface area contributed by atoms with Gasteiger partial charge in [0.2, 0.25) is 0 Å². The summed E-state index contributed by atoms with van der Waals surface area (Å²) in [6, 6.07) is 9.26. The molecule has 1 heterocycles. The molecular weight excluding hydrogens is 316 g/mol. The first-order valence-corrected chi connectivity index (χ1v) is 8.26. The van der Waals surface area contributed by atoms with Crippen LogP contribution in [0.25, 0.3) is 0 Å². The average Bonchev–Trinajstić information content (AvgIpc) is 2.58. The topological polar surface area (TPSA) is 83.1 Å². The summed E-state index contributed by atoms with van der Waals surface area (Å²) in [6.07, 6.45) is 3.11. The molecule has 0 saturated carbocycles. The predicted octanol–water partition coefficient (Wildman–Crippen LogP) is 2.49. The maximum absolute atomic E-state index is 12.0. The van der Waals surface area contributed by atoms with Crippen molar-refractivity contribution in [2.24, 2.45) is 0 Å². The van der Waals surface area contributed by atoms with Gasteiger partial charge in [0.15, 0.2) is 0 Å². The minimum atomic E-state index is -0.262. The summed E-state index contributed by atoms with van der Waals surface area (Å²) in [5, 5.41) is 8.37. The summed E-state index contributed by atoms with van der Waals surface area (Å²) in [5.41, 5.74) is 3.90. The van der Waals surface area contributed by atoms with E-state index in [4.69, 9.17) is 0 Å². The number of urea groups is 1. The van der Waals surface area contributed by atoms with E-state index >= 15 is 0 Å². The summed E-state index contributed by atoms with van der Waals surface area (Å²) >= 11 is 0. The number of aryl methyl sites for hydroxylation is 2. The van der Waals surface area contributed by atoms with Crippen molar-refractivity contribution in [3.05, 3.63) is 65.0 Å². The van der Waals surface area contributed by atoms with Crippen LogP contribution in [-0.2, 0) is 0 Å². The number of aromatic nitrogens is 1. The van der Waals surface area contributed by atoms with Crippen molar-refractivity contribution in [3.63, 3.8) is 0 Å². The zero-order chi connectivity index (χ0) is 18.2. The lowest BCUT2D eigenvalue weighted by molar-refractivity contribution is 0.0953. The maximum atomic E-state index is 12.0. The monoisotopic (exact) mass is 340 g/mol. The van der Waals surface area contributed by atoms with Crippen LogP contribution < -0.4 is 16.0 Å². The number of nitrogens with one attached hydrogen (secondary N) is 3. The first kappa shape index (κ1) is 18.4. The number of amides is 3. The Morgan fingerprint density at radius 2 is 1.76 bits per heavy atom. The molecule has 6 nitrogen and oxygen atoms in total. The van der Waals surface area contributed by atoms with Gasteiger partial charge in [0, 0.05) is 25.5 Å². The van der Waals surface area contributed by atoms with Gasteiger partial charge in [0.25, 0.3) is 5.91 Å². The van der Waals surface area contributed by atoms with Gasteiger partial charge in [-0.25, -0.2) is 4.79 Å². The van der Waals surface area contributed by atoms with E-state index < -0.39 is 0 Å². The smallest absolute Gasteiger partial charge is 0.315 e. The van der Waals surface area contributed by atoms with Gasteiger partial charge in [-0.05, 0) is 38.5 Å². The van der Waals surface area contributed by atoms with Gasteiger partial charge >= 0.3 is 6.03 Å². The molecule has 2 aromatic rings. The molecule has 0 aliphatic carbocycles. The SMILES string of the molecule is Cc1cc(C)cc(C(C)NC(=O)NCCNC(=O)c2cccnc2)c1. The van der Waals surface area contributed by atoms with Crippen LogP contribution in [0.3, 0.4) is 0 Å². The minimum Gasteiger partial charge on any atom is -0.350 e. The van der Waals surface area contributed by atoms with Crippen LogP contribution in [0.2, 0.25) is 0 Å². The fourth-order valence-electron chi connectivity index (χ4n) is 2.54. The summed E-state index contributed by atoms with van der Waals surface area (Å²) in [4.78, 5) is 27.7. The van der Waals surface area contributed by atoms with Crippen LogP contribution in [0, 0.1) is 13.8 Å². The second-order valence-corrected chi connectivity index (χ2v) is 6.04. The molecule has 0 fully saturated rings. The molecule has 0 bridgehead atoms. The Labute approximate surface area is 148 Å². The molecule has 0 radical (unpaired) electrons. The first-order chi connectivity index (χ1) is 12.0. The lowest BCUT2D eigenvalue weighted by atomic mass is 10.0. The number of carbonyl (C=O) groups is 2. The average molecular weight is 340 g/mol. The molecule has 1 unspecified atom stereocenters. The molecule has 25 heavy (non-hydrogen) atoms. The molecule has 3 N–H and O–H groups in total. The Kier molecular flexibility index (Phi) is 6.51. The van der Waals surface area contributed by atoms with Crippen LogP contribution >= 0.6 is 0 Å². The number of rotatable bonds is 6. The Balaban J connectivity index is 1.72. The van der Waals surface area contributed by atoms with Crippen molar-refractivity contribution in [2.45, 2.75) is 26.8 Å². The molecule has 6 heteroatoms. The molecule has 0 spiro atoms. The van der Waals surface area contributed by atoms with E-state index in [1.54, 1.807) is 18.3 Å². The van der Waals surface area contributed by atoms with Crippen molar-refractivity contribution >= 4 is 11.9 Å². The summed E-state index contributed by atoms with van der Waals surface area (Å²) in [6.45, 7) is 6.71. The van der Waals surface area contributed by atoms with E-state index in [9.17, 15) is 9.59 Å². The molecule has 2 rings (SSSR count). The minimum absolute atomic E-state index is 0.0939. The van der Waals surface area contributed by atoms with Gasteiger partial charge in [-0.1, -0.05) is 29.3 Å². The number of pyridine rings is 1. The van der Waals surface area contributed by atoms with E-state index in [1.165, 1.54) is 17.3 Å². The lowest BCUT2D eigenvalue weighted by Crippen LogP contribution is -2.41. The molecule has 0 aliphatic rings. The molecule has 0 saturated heterocycles. The number of benzene rings is 1. The summed E-state index contributed by atoms with van der Waals surface area (Å²) < 4.78 is 0. The van der Waals surface area contributed by atoms with Crippen molar-refractivity contribution in [2.75, 3.05) is 13.1 Å². The van der Waals surface area contributed by atoms with Crippen LogP contribution in [0.5, 0.6) is 0 Å². The van der Waals surface area contributed by atoms with Crippen LogP contribution in [0.1, 0.15) is 40.0 Å². The zero-order valence-corrected chi connectivity index (χ0v) is 14.8. The summed E-state index contributed by atoms with van der Waals surface area (Å²) in [5.74, 6) is -0.209. The van der Waals surface area contributed by atoms with Crippen molar-refractivity contribution in [3.8, 4) is 0 Å². The largest absolute Gasteiger partial charge is 0.350 e. The van der Waals surface area contributed by atoms with Gasteiger partial charge < -0.3 is 16.0 Å². The molecule has 132 valence electrons. The second kappa shape index (κ2) is 8.82. The predicted molar refractivity (Wildman–Crippen MR) is 97.4 cm³/mol. The van der Waals surface area contributed by atoms with E-state index in [-0.39, 0.29) is 18.0 Å². The van der Waals surface area contributed by atoms with Crippen LogP contribution in [0.4, 0.5) is 4.79 Å². The van der Waals surface area contributed by atoms with Gasteiger partial charge in [-0.3, -0.25) is 9.78 Å². The molecule has 1 aromatic heterocycles. The maximum Gasteiger partial charge on any atom is 0.315 e. The first-order valence-electron chi connectivity index (χ1n) is 8.26. The third kappa shape index (κ3) is 5.91.